The van der Waals surface area contributed by atoms with Crippen molar-refractivity contribution in [3.8, 4) is 0 Å². The summed E-state index contributed by atoms with van der Waals surface area (Å²) in [6, 6.07) is 16.6. The molecule has 2 aromatic rings. The van der Waals surface area contributed by atoms with E-state index in [0.717, 1.165) is 0 Å². The molecule has 0 aliphatic carbocycles. The van der Waals surface area contributed by atoms with Crippen molar-refractivity contribution in [1.29, 1.82) is 0 Å². The first-order chi connectivity index (χ1) is 11.5. The number of rotatable bonds is 5. The SMILES string of the molecule is CNC(=O)C(=O)NC[C@H](c1ccccc1)S(=O)(=O)c1ccccc1. The summed E-state index contributed by atoms with van der Waals surface area (Å²) in [6.45, 7) is -0.201. The highest BCUT2D eigenvalue weighted by molar-refractivity contribution is 7.91. The monoisotopic (exact) mass is 346 g/mol. The summed E-state index contributed by atoms with van der Waals surface area (Å²) in [5, 5.41) is 3.58. The van der Waals surface area contributed by atoms with Crippen LogP contribution in [0.2, 0.25) is 0 Å². The molecule has 0 spiro atoms. The van der Waals surface area contributed by atoms with E-state index in [1.165, 1.54) is 19.2 Å². The Labute approximate surface area is 140 Å². The minimum atomic E-state index is -3.73. The molecule has 0 heterocycles. The van der Waals surface area contributed by atoms with Gasteiger partial charge in [-0.25, -0.2) is 8.42 Å². The zero-order chi connectivity index (χ0) is 17.6. The molecule has 2 amide bonds. The Bertz CT molecular complexity index is 805. The fourth-order valence-electron chi connectivity index (χ4n) is 2.23. The number of amides is 2. The van der Waals surface area contributed by atoms with Crippen LogP contribution in [0.15, 0.2) is 65.6 Å². The average molecular weight is 346 g/mol. The molecule has 2 aromatic carbocycles. The van der Waals surface area contributed by atoms with E-state index in [2.05, 4.69) is 10.6 Å². The summed E-state index contributed by atoms with van der Waals surface area (Å²) in [5.41, 5.74) is 0.540. The highest BCUT2D eigenvalue weighted by Gasteiger charge is 2.30. The largest absolute Gasteiger partial charge is 0.351 e. The lowest BCUT2D eigenvalue weighted by molar-refractivity contribution is -0.138. The minimum absolute atomic E-state index is 0.160. The molecule has 0 bridgehead atoms. The van der Waals surface area contributed by atoms with Gasteiger partial charge in [-0.2, -0.15) is 0 Å². The molecule has 2 rings (SSSR count). The van der Waals surface area contributed by atoms with Gasteiger partial charge >= 0.3 is 11.8 Å². The lowest BCUT2D eigenvalue weighted by atomic mass is 10.1. The van der Waals surface area contributed by atoms with Crippen molar-refractivity contribution in [2.75, 3.05) is 13.6 Å². The summed E-state index contributed by atoms with van der Waals surface area (Å²) in [7, 11) is -2.40. The second kappa shape index (κ2) is 7.74. The van der Waals surface area contributed by atoms with E-state index in [-0.39, 0.29) is 11.4 Å². The van der Waals surface area contributed by atoms with Crippen molar-refractivity contribution in [3.05, 3.63) is 66.2 Å². The van der Waals surface area contributed by atoms with Gasteiger partial charge in [0.15, 0.2) is 9.84 Å². The molecule has 7 heteroatoms. The topological polar surface area (TPSA) is 92.3 Å². The van der Waals surface area contributed by atoms with E-state index >= 15 is 0 Å². The third-order valence-electron chi connectivity index (χ3n) is 3.50. The highest BCUT2D eigenvalue weighted by atomic mass is 32.2. The van der Waals surface area contributed by atoms with Crippen LogP contribution in [0.3, 0.4) is 0 Å². The first-order valence-corrected chi connectivity index (χ1v) is 8.85. The van der Waals surface area contributed by atoms with Crippen LogP contribution < -0.4 is 10.6 Å². The quantitative estimate of drug-likeness (QED) is 0.792. The summed E-state index contributed by atoms with van der Waals surface area (Å²) in [5.74, 6) is -1.69. The van der Waals surface area contributed by atoms with Gasteiger partial charge in [-0.3, -0.25) is 9.59 Å². The molecule has 1 atom stereocenters. The number of carbonyl (C=O) groups excluding carboxylic acids is 2. The smallest absolute Gasteiger partial charge is 0.309 e. The fourth-order valence-corrected chi connectivity index (χ4v) is 3.91. The molecular formula is C17H18N2O4S. The molecule has 6 nitrogen and oxygen atoms in total. The number of carbonyl (C=O) groups is 2. The zero-order valence-corrected chi connectivity index (χ0v) is 13.9. The average Bonchev–Trinajstić information content (AvgIpc) is 2.62. The van der Waals surface area contributed by atoms with Crippen LogP contribution in [0.4, 0.5) is 0 Å². The molecule has 0 unspecified atom stereocenters. The van der Waals surface area contributed by atoms with E-state index in [0.29, 0.717) is 5.56 Å². The van der Waals surface area contributed by atoms with Gasteiger partial charge in [-0.05, 0) is 17.7 Å². The van der Waals surface area contributed by atoms with Crippen molar-refractivity contribution >= 4 is 21.7 Å². The molecule has 126 valence electrons. The van der Waals surface area contributed by atoms with Crippen LogP contribution >= 0.6 is 0 Å². The molecule has 24 heavy (non-hydrogen) atoms. The van der Waals surface area contributed by atoms with E-state index in [4.69, 9.17) is 0 Å². The van der Waals surface area contributed by atoms with E-state index in [1.54, 1.807) is 48.5 Å². The van der Waals surface area contributed by atoms with Gasteiger partial charge in [0.2, 0.25) is 0 Å². The van der Waals surface area contributed by atoms with Crippen molar-refractivity contribution < 1.29 is 18.0 Å². The van der Waals surface area contributed by atoms with Gasteiger partial charge in [0, 0.05) is 13.6 Å². The lowest BCUT2D eigenvalue weighted by Gasteiger charge is -2.18. The molecule has 0 aromatic heterocycles. The van der Waals surface area contributed by atoms with Crippen LogP contribution in [0.5, 0.6) is 0 Å². The Hall–Kier alpha value is -2.67. The third-order valence-corrected chi connectivity index (χ3v) is 5.62. The second-order valence-electron chi connectivity index (χ2n) is 5.05. The molecule has 0 saturated carbocycles. The standard InChI is InChI=1S/C17H18N2O4S/c1-18-16(20)17(21)19-12-15(13-8-4-2-5-9-13)24(22,23)14-10-6-3-7-11-14/h2-11,15H,12H2,1H3,(H,18,20)(H,19,21)/t15-/m1/s1. The first-order valence-electron chi connectivity index (χ1n) is 7.30. The van der Waals surface area contributed by atoms with Gasteiger partial charge in [0.05, 0.1) is 4.90 Å². The number of hydrogen-bond donors (Lipinski definition) is 2. The lowest BCUT2D eigenvalue weighted by Crippen LogP contribution is -2.41. The molecule has 0 radical (unpaired) electrons. The third kappa shape index (κ3) is 3.99. The number of sulfone groups is 1. The van der Waals surface area contributed by atoms with Crippen LogP contribution in [0.25, 0.3) is 0 Å². The minimum Gasteiger partial charge on any atom is -0.351 e. The van der Waals surface area contributed by atoms with Crippen LogP contribution in [-0.2, 0) is 19.4 Å². The maximum absolute atomic E-state index is 12.9. The Morgan fingerprint density at radius 2 is 1.46 bits per heavy atom. The van der Waals surface area contributed by atoms with E-state index < -0.39 is 26.9 Å². The van der Waals surface area contributed by atoms with Crippen molar-refractivity contribution in [3.63, 3.8) is 0 Å². The van der Waals surface area contributed by atoms with Gasteiger partial charge < -0.3 is 10.6 Å². The normalized spacial score (nSPS) is 12.2. The first kappa shape index (κ1) is 17.7. The Balaban J connectivity index is 2.34. The zero-order valence-electron chi connectivity index (χ0n) is 13.1. The fraction of sp³-hybridized carbons (Fsp3) is 0.176. The van der Waals surface area contributed by atoms with Gasteiger partial charge in [0.25, 0.3) is 0 Å². The number of hydrogen-bond acceptors (Lipinski definition) is 4. The highest BCUT2D eigenvalue weighted by Crippen LogP contribution is 2.28. The van der Waals surface area contributed by atoms with Gasteiger partial charge in [-0.15, -0.1) is 0 Å². The molecule has 0 aliphatic heterocycles. The molecular weight excluding hydrogens is 328 g/mol. The number of likely N-dealkylation sites (N-methyl/N-ethyl adjacent to an activating group) is 1. The second-order valence-corrected chi connectivity index (χ2v) is 7.18. The van der Waals surface area contributed by atoms with E-state index in [9.17, 15) is 18.0 Å². The Morgan fingerprint density at radius 3 is 2.00 bits per heavy atom. The van der Waals surface area contributed by atoms with Crippen molar-refractivity contribution in [2.45, 2.75) is 10.1 Å². The number of benzene rings is 2. The Kier molecular flexibility index (Phi) is 5.70. The van der Waals surface area contributed by atoms with Crippen molar-refractivity contribution in [1.82, 2.24) is 10.6 Å². The number of nitrogens with one attached hydrogen (secondary N) is 2. The molecule has 0 saturated heterocycles. The summed E-state index contributed by atoms with van der Waals surface area (Å²) in [6.07, 6.45) is 0. The maximum atomic E-state index is 12.9. The predicted octanol–water partition coefficient (Wildman–Crippen LogP) is 1.06. The molecule has 0 fully saturated rings. The van der Waals surface area contributed by atoms with Crippen LogP contribution in [0.1, 0.15) is 10.8 Å². The van der Waals surface area contributed by atoms with Crippen LogP contribution in [0, 0.1) is 0 Å². The van der Waals surface area contributed by atoms with E-state index in [1.807, 2.05) is 0 Å². The van der Waals surface area contributed by atoms with Gasteiger partial charge in [0.1, 0.15) is 5.25 Å². The summed E-state index contributed by atoms with van der Waals surface area (Å²) < 4.78 is 25.9. The van der Waals surface area contributed by atoms with Crippen molar-refractivity contribution in [2.24, 2.45) is 0 Å². The summed E-state index contributed by atoms with van der Waals surface area (Å²) >= 11 is 0. The predicted molar refractivity (Wildman–Crippen MR) is 89.9 cm³/mol. The Morgan fingerprint density at radius 1 is 0.917 bits per heavy atom. The van der Waals surface area contributed by atoms with Crippen LogP contribution in [-0.4, -0.2) is 33.8 Å². The molecule has 0 aliphatic rings. The van der Waals surface area contributed by atoms with Gasteiger partial charge in [-0.1, -0.05) is 48.5 Å². The maximum Gasteiger partial charge on any atom is 0.309 e. The summed E-state index contributed by atoms with van der Waals surface area (Å²) in [4.78, 5) is 23.1. The molecule has 2 N–H and O–H groups in total.